The van der Waals surface area contributed by atoms with Crippen LogP contribution in [0, 0.1) is 9.39 Å². The Kier molecular flexibility index (Phi) is 4.47. The zero-order chi connectivity index (χ0) is 10.7. The second-order valence-electron chi connectivity index (χ2n) is 2.40. The molecule has 0 atom stereocenters. The first-order valence-corrected chi connectivity index (χ1v) is 5.48. The van der Waals surface area contributed by atoms with Gasteiger partial charge in [0.15, 0.2) is 11.6 Å². The molecule has 1 nitrogen and oxygen atoms in total. The molecule has 0 amide bonds. The first kappa shape index (κ1) is 12.1. The molecule has 0 spiro atoms. The topological polar surface area (TPSA) is 9.23 Å². The van der Waals surface area contributed by atoms with Crippen molar-refractivity contribution in [3.05, 3.63) is 38.2 Å². The second kappa shape index (κ2) is 5.19. The van der Waals surface area contributed by atoms with Crippen LogP contribution in [0.4, 0.5) is 4.39 Å². The van der Waals surface area contributed by atoms with Gasteiger partial charge in [0, 0.05) is 6.07 Å². The van der Waals surface area contributed by atoms with E-state index in [4.69, 9.17) is 27.9 Å². The van der Waals surface area contributed by atoms with Crippen molar-refractivity contribution < 1.29 is 9.13 Å². The van der Waals surface area contributed by atoms with E-state index in [1.54, 1.807) is 0 Å². The lowest BCUT2D eigenvalue weighted by atomic mass is 10.3. The van der Waals surface area contributed by atoms with Crippen LogP contribution in [-0.2, 0) is 0 Å². The van der Waals surface area contributed by atoms with E-state index < -0.39 is 5.82 Å². The van der Waals surface area contributed by atoms with Crippen LogP contribution in [0.2, 0.25) is 10.0 Å². The van der Waals surface area contributed by atoms with Crippen molar-refractivity contribution in [2.45, 2.75) is 0 Å². The van der Waals surface area contributed by atoms with Crippen LogP contribution < -0.4 is 4.74 Å². The maximum absolute atomic E-state index is 13.4. The molecule has 0 aromatic heterocycles. The van der Waals surface area contributed by atoms with Gasteiger partial charge in [0.25, 0.3) is 0 Å². The van der Waals surface area contributed by atoms with Gasteiger partial charge < -0.3 is 4.74 Å². The average molecular weight is 347 g/mol. The minimum atomic E-state index is -0.595. The van der Waals surface area contributed by atoms with Crippen LogP contribution in [0.15, 0.2) is 18.7 Å². The molecule has 0 heterocycles. The van der Waals surface area contributed by atoms with Gasteiger partial charge in [-0.15, -0.1) is 0 Å². The predicted molar refractivity (Wildman–Crippen MR) is 64.8 cm³/mol. The van der Waals surface area contributed by atoms with Gasteiger partial charge in [0.05, 0.1) is 13.6 Å². The van der Waals surface area contributed by atoms with E-state index in [1.807, 2.05) is 22.6 Å². The number of hydrogen-bond donors (Lipinski definition) is 0. The molecular weight excluding hydrogens is 341 g/mol. The van der Waals surface area contributed by atoms with Gasteiger partial charge in [-0.2, -0.15) is 0 Å². The van der Waals surface area contributed by atoms with Gasteiger partial charge >= 0.3 is 0 Å². The highest BCUT2D eigenvalue weighted by Crippen LogP contribution is 2.34. The lowest BCUT2D eigenvalue weighted by Gasteiger charge is -2.08. The van der Waals surface area contributed by atoms with Crippen LogP contribution in [0.5, 0.6) is 5.75 Å². The monoisotopic (exact) mass is 346 g/mol. The lowest BCUT2D eigenvalue weighted by Crippen LogP contribution is -1.97. The molecule has 0 aliphatic heterocycles. The highest BCUT2D eigenvalue weighted by Gasteiger charge is 2.14. The molecular formula is C9H6Cl2FIO. The van der Waals surface area contributed by atoms with Gasteiger partial charge in [-0.1, -0.05) is 35.9 Å². The van der Waals surface area contributed by atoms with Crippen LogP contribution in [0.25, 0.3) is 0 Å². The number of rotatable bonds is 3. The van der Waals surface area contributed by atoms with Gasteiger partial charge in [-0.05, 0) is 22.6 Å². The maximum atomic E-state index is 13.4. The normalized spacial score (nSPS) is 10.0. The zero-order valence-electron chi connectivity index (χ0n) is 6.99. The Morgan fingerprint density at radius 1 is 1.57 bits per heavy atom. The van der Waals surface area contributed by atoms with Crippen molar-refractivity contribution in [2.24, 2.45) is 0 Å². The van der Waals surface area contributed by atoms with Crippen molar-refractivity contribution in [3.63, 3.8) is 0 Å². The summed E-state index contributed by atoms with van der Waals surface area (Å²) in [6.45, 7) is 3.67. The van der Waals surface area contributed by atoms with Crippen LogP contribution in [0.1, 0.15) is 0 Å². The SMILES string of the molecule is C=CCOc1cc(Cl)c(I)c(Cl)c1F. The molecule has 14 heavy (non-hydrogen) atoms. The fourth-order valence-corrected chi connectivity index (χ4v) is 1.63. The maximum Gasteiger partial charge on any atom is 0.184 e. The smallest absolute Gasteiger partial charge is 0.184 e. The van der Waals surface area contributed by atoms with Gasteiger partial charge in [0.1, 0.15) is 6.61 Å². The molecule has 0 bridgehead atoms. The van der Waals surface area contributed by atoms with E-state index in [1.165, 1.54) is 12.1 Å². The molecule has 76 valence electrons. The van der Waals surface area contributed by atoms with Crippen molar-refractivity contribution >= 4 is 45.8 Å². The highest BCUT2D eigenvalue weighted by molar-refractivity contribution is 14.1. The molecule has 0 radical (unpaired) electrons. The van der Waals surface area contributed by atoms with Gasteiger partial charge in [0.2, 0.25) is 0 Å². The first-order chi connectivity index (χ1) is 6.57. The molecule has 0 saturated carbocycles. The van der Waals surface area contributed by atoms with Crippen molar-refractivity contribution in [2.75, 3.05) is 6.61 Å². The minimum absolute atomic E-state index is 0.0165. The predicted octanol–water partition coefficient (Wildman–Crippen LogP) is 4.30. The Bertz CT molecular complexity index is 368. The largest absolute Gasteiger partial charge is 0.486 e. The summed E-state index contributed by atoms with van der Waals surface area (Å²) in [7, 11) is 0. The van der Waals surface area contributed by atoms with Crippen LogP contribution in [-0.4, -0.2) is 6.61 Å². The Morgan fingerprint density at radius 3 is 2.79 bits per heavy atom. The molecule has 5 heteroatoms. The summed E-state index contributed by atoms with van der Waals surface area (Å²) in [5.74, 6) is -0.553. The number of halogens is 4. The highest BCUT2D eigenvalue weighted by atomic mass is 127. The summed E-state index contributed by atoms with van der Waals surface area (Å²) in [6.07, 6.45) is 1.51. The molecule has 0 saturated heterocycles. The number of benzene rings is 1. The standard InChI is InChI=1S/C9H6Cl2FIO/c1-2-3-14-6-4-5(10)9(13)7(11)8(6)12/h2,4H,1,3H2. The van der Waals surface area contributed by atoms with Crippen molar-refractivity contribution in [3.8, 4) is 5.75 Å². The second-order valence-corrected chi connectivity index (χ2v) is 4.26. The lowest BCUT2D eigenvalue weighted by molar-refractivity contribution is 0.342. The van der Waals surface area contributed by atoms with Crippen molar-refractivity contribution in [1.29, 1.82) is 0 Å². The Hall–Kier alpha value is -0.000000000000000111. The van der Waals surface area contributed by atoms with Gasteiger partial charge in [-0.25, -0.2) is 4.39 Å². The van der Waals surface area contributed by atoms with E-state index in [0.29, 0.717) is 8.59 Å². The third-order valence-corrected chi connectivity index (χ3v) is 3.84. The molecule has 0 aliphatic carbocycles. The summed E-state index contributed by atoms with van der Waals surface area (Å²) >= 11 is 13.4. The van der Waals surface area contributed by atoms with E-state index >= 15 is 0 Å². The quantitative estimate of drug-likeness (QED) is 0.343. The van der Waals surface area contributed by atoms with Crippen LogP contribution in [0.3, 0.4) is 0 Å². The number of ether oxygens (including phenoxy) is 1. The molecule has 1 aromatic rings. The Labute approximate surface area is 105 Å². The first-order valence-electron chi connectivity index (χ1n) is 3.64. The summed E-state index contributed by atoms with van der Waals surface area (Å²) in [4.78, 5) is 0. The van der Waals surface area contributed by atoms with Crippen LogP contribution >= 0.6 is 45.8 Å². The Balaban J connectivity index is 3.12. The summed E-state index contributed by atoms with van der Waals surface area (Å²) in [5, 5.41) is 0.355. The minimum Gasteiger partial charge on any atom is -0.486 e. The average Bonchev–Trinajstić information content (AvgIpc) is 2.18. The molecule has 0 fully saturated rings. The van der Waals surface area contributed by atoms with E-state index in [-0.39, 0.29) is 17.4 Å². The third-order valence-electron chi connectivity index (χ3n) is 1.43. The van der Waals surface area contributed by atoms with Crippen molar-refractivity contribution in [1.82, 2.24) is 0 Å². The van der Waals surface area contributed by atoms with E-state index in [2.05, 4.69) is 6.58 Å². The summed E-state index contributed by atoms with van der Waals surface area (Å²) in [5.41, 5.74) is 0. The molecule has 1 aromatic carbocycles. The molecule has 0 N–H and O–H groups in total. The Morgan fingerprint density at radius 2 is 2.21 bits per heavy atom. The zero-order valence-corrected chi connectivity index (χ0v) is 10.7. The van der Waals surface area contributed by atoms with E-state index in [0.717, 1.165) is 0 Å². The molecule has 1 rings (SSSR count). The number of hydrogen-bond acceptors (Lipinski definition) is 1. The fourth-order valence-electron chi connectivity index (χ4n) is 0.805. The molecule has 0 unspecified atom stereocenters. The summed E-state index contributed by atoms with van der Waals surface area (Å²) < 4.78 is 18.9. The van der Waals surface area contributed by atoms with Gasteiger partial charge in [-0.3, -0.25) is 0 Å². The molecule has 0 aliphatic rings. The fraction of sp³-hybridized carbons (Fsp3) is 0.111. The third kappa shape index (κ3) is 2.52. The summed E-state index contributed by atoms with van der Waals surface area (Å²) in [6, 6.07) is 1.40. The van der Waals surface area contributed by atoms with E-state index in [9.17, 15) is 4.39 Å².